The Balaban J connectivity index is 2.88. The standard InChI is InChI=1S/C13H17N3O3/c1-4-19-16-12(17)6-5-10-8(2)11(7-14)13(18)15-9(10)3/h4-6H2,1-3H3,(H,15,18)(H,16,17). The summed E-state index contributed by atoms with van der Waals surface area (Å²) in [5.74, 6) is -0.231. The van der Waals surface area contributed by atoms with Crippen LogP contribution in [0.15, 0.2) is 4.79 Å². The van der Waals surface area contributed by atoms with Crippen LogP contribution in [0, 0.1) is 25.2 Å². The number of aromatic amines is 1. The van der Waals surface area contributed by atoms with Crippen LogP contribution in [0.5, 0.6) is 0 Å². The van der Waals surface area contributed by atoms with Gasteiger partial charge >= 0.3 is 0 Å². The molecule has 19 heavy (non-hydrogen) atoms. The van der Waals surface area contributed by atoms with Crippen LogP contribution in [0.4, 0.5) is 0 Å². The van der Waals surface area contributed by atoms with Crippen molar-refractivity contribution in [2.75, 3.05) is 6.61 Å². The zero-order valence-corrected chi connectivity index (χ0v) is 11.3. The van der Waals surface area contributed by atoms with Gasteiger partial charge in [-0.05, 0) is 38.3 Å². The van der Waals surface area contributed by atoms with E-state index in [1.54, 1.807) is 20.8 Å². The highest BCUT2D eigenvalue weighted by Gasteiger charge is 2.13. The maximum Gasteiger partial charge on any atom is 0.266 e. The number of hydroxylamine groups is 1. The van der Waals surface area contributed by atoms with Crippen molar-refractivity contribution < 1.29 is 9.63 Å². The van der Waals surface area contributed by atoms with Gasteiger partial charge in [0, 0.05) is 12.1 Å². The van der Waals surface area contributed by atoms with Crippen molar-refractivity contribution in [2.45, 2.75) is 33.6 Å². The van der Waals surface area contributed by atoms with E-state index in [1.165, 1.54) is 0 Å². The first-order chi connectivity index (χ1) is 9.01. The van der Waals surface area contributed by atoms with E-state index in [-0.39, 0.29) is 23.5 Å². The summed E-state index contributed by atoms with van der Waals surface area (Å²) in [4.78, 5) is 30.4. The van der Waals surface area contributed by atoms with Gasteiger partial charge in [-0.25, -0.2) is 5.48 Å². The topological polar surface area (TPSA) is 95.0 Å². The average molecular weight is 263 g/mol. The van der Waals surface area contributed by atoms with Crippen LogP contribution < -0.4 is 11.0 Å². The molecule has 0 spiro atoms. The largest absolute Gasteiger partial charge is 0.325 e. The third-order valence-electron chi connectivity index (χ3n) is 2.85. The first-order valence-corrected chi connectivity index (χ1v) is 6.04. The number of pyridine rings is 1. The Kier molecular flexibility index (Phi) is 5.27. The third-order valence-corrected chi connectivity index (χ3v) is 2.85. The molecule has 1 rings (SSSR count). The number of aryl methyl sites for hydroxylation is 1. The Bertz CT molecular complexity index is 570. The van der Waals surface area contributed by atoms with Gasteiger partial charge in [0.05, 0.1) is 6.61 Å². The number of rotatable bonds is 5. The minimum atomic E-state index is -0.389. The maximum atomic E-state index is 11.5. The fourth-order valence-corrected chi connectivity index (χ4v) is 1.86. The van der Waals surface area contributed by atoms with Crippen LogP contribution in [-0.4, -0.2) is 17.5 Å². The van der Waals surface area contributed by atoms with E-state index in [0.717, 1.165) is 5.56 Å². The Morgan fingerprint density at radius 2 is 2.16 bits per heavy atom. The SMILES string of the molecule is CCONC(=O)CCc1c(C)[nH]c(=O)c(C#N)c1C. The summed E-state index contributed by atoms with van der Waals surface area (Å²) in [7, 11) is 0. The molecular formula is C13H17N3O3. The molecule has 0 fully saturated rings. The van der Waals surface area contributed by atoms with Gasteiger partial charge < -0.3 is 4.98 Å². The molecule has 0 saturated carbocycles. The molecule has 0 aliphatic rings. The fraction of sp³-hybridized carbons (Fsp3) is 0.462. The number of nitriles is 1. The lowest BCUT2D eigenvalue weighted by atomic mass is 9.99. The number of aromatic nitrogens is 1. The summed E-state index contributed by atoms with van der Waals surface area (Å²) >= 11 is 0. The van der Waals surface area contributed by atoms with Crippen LogP contribution in [0.3, 0.4) is 0 Å². The number of hydrogen-bond acceptors (Lipinski definition) is 4. The summed E-state index contributed by atoms with van der Waals surface area (Å²) < 4.78 is 0. The van der Waals surface area contributed by atoms with Crippen LogP contribution >= 0.6 is 0 Å². The number of amides is 1. The van der Waals surface area contributed by atoms with E-state index in [0.29, 0.717) is 24.3 Å². The van der Waals surface area contributed by atoms with Crippen molar-refractivity contribution in [1.29, 1.82) is 5.26 Å². The van der Waals surface area contributed by atoms with Gasteiger partial charge in [-0.2, -0.15) is 5.26 Å². The maximum absolute atomic E-state index is 11.5. The normalized spacial score (nSPS) is 10.0. The molecule has 0 unspecified atom stereocenters. The number of hydrogen-bond donors (Lipinski definition) is 2. The Hall–Kier alpha value is -2.13. The van der Waals surface area contributed by atoms with Crippen molar-refractivity contribution in [3.63, 3.8) is 0 Å². The van der Waals surface area contributed by atoms with Gasteiger partial charge in [-0.15, -0.1) is 0 Å². The molecule has 102 valence electrons. The van der Waals surface area contributed by atoms with Crippen molar-refractivity contribution >= 4 is 5.91 Å². The Morgan fingerprint density at radius 3 is 2.74 bits per heavy atom. The second kappa shape index (κ2) is 6.71. The highest BCUT2D eigenvalue weighted by atomic mass is 16.6. The number of carbonyl (C=O) groups excluding carboxylic acids is 1. The summed E-state index contributed by atoms with van der Waals surface area (Å²) in [6.45, 7) is 5.65. The second-order valence-electron chi connectivity index (χ2n) is 4.13. The van der Waals surface area contributed by atoms with Gasteiger partial charge in [0.15, 0.2) is 0 Å². The molecule has 1 aromatic heterocycles. The molecule has 0 aromatic carbocycles. The Morgan fingerprint density at radius 1 is 1.47 bits per heavy atom. The van der Waals surface area contributed by atoms with Gasteiger partial charge in [-0.1, -0.05) is 0 Å². The molecule has 1 aromatic rings. The van der Waals surface area contributed by atoms with Gasteiger partial charge in [-0.3, -0.25) is 14.4 Å². The second-order valence-corrected chi connectivity index (χ2v) is 4.13. The van der Waals surface area contributed by atoms with Gasteiger partial charge in [0.2, 0.25) is 5.91 Å². The predicted octanol–water partition coefficient (Wildman–Crippen LogP) is 0.864. The van der Waals surface area contributed by atoms with Crippen LogP contribution in [-0.2, 0) is 16.1 Å². The lowest BCUT2D eigenvalue weighted by Gasteiger charge is -2.10. The van der Waals surface area contributed by atoms with Crippen LogP contribution in [0.2, 0.25) is 0 Å². The van der Waals surface area contributed by atoms with Crippen molar-refractivity contribution in [1.82, 2.24) is 10.5 Å². The smallest absolute Gasteiger partial charge is 0.266 e. The number of nitrogens with zero attached hydrogens (tertiary/aromatic N) is 1. The molecule has 1 amide bonds. The van der Waals surface area contributed by atoms with E-state index in [4.69, 9.17) is 10.1 Å². The highest BCUT2D eigenvalue weighted by Crippen LogP contribution is 2.14. The number of nitrogens with one attached hydrogen (secondary N) is 2. The monoisotopic (exact) mass is 263 g/mol. The third kappa shape index (κ3) is 3.66. The molecule has 6 nitrogen and oxygen atoms in total. The zero-order valence-electron chi connectivity index (χ0n) is 11.3. The quantitative estimate of drug-likeness (QED) is 0.770. The minimum absolute atomic E-state index is 0.103. The van der Waals surface area contributed by atoms with E-state index >= 15 is 0 Å². The number of carbonyl (C=O) groups is 1. The van der Waals surface area contributed by atoms with Crippen molar-refractivity contribution in [2.24, 2.45) is 0 Å². The van der Waals surface area contributed by atoms with Crippen LogP contribution in [0.25, 0.3) is 0 Å². The molecule has 0 radical (unpaired) electrons. The van der Waals surface area contributed by atoms with Crippen molar-refractivity contribution in [3.05, 3.63) is 32.7 Å². The highest BCUT2D eigenvalue weighted by molar-refractivity contribution is 5.75. The average Bonchev–Trinajstić information content (AvgIpc) is 2.36. The molecule has 6 heteroatoms. The molecular weight excluding hydrogens is 246 g/mol. The predicted molar refractivity (Wildman–Crippen MR) is 69.3 cm³/mol. The van der Waals surface area contributed by atoms with E-state index in [1.807, 2.05) is 6.07 Å². The Labute approximate surface area is 111 Å². The summed E-state index contributed by atoms with van der Waals surface area (Å²) in [6.07, 6.45) is 0.681. The minimum Gasteiger partial charge on any atom is -0.325 e. The zero-order chi connectivity index (χ0) is 14.4. The summed E-state index contributed by atoms with van der Waals surface area (Å²) in [5, 5.41) is 8.94. The van der Waals surface area contributed by atoms with E-state index in [2.05, 4.69) is 10.5 Å². The molecule has 2 N–H and O–H groups in total. The lowest BCUT2D eigenvalue weighted by molar-refractivity contribution is -0.133. The first kappa shape index (κ1) is 14.9. The van der Waals surface area contributed by atoms with E-state index in [9.17, 15) is 9.59 Å². The summed E-state index contributed by atoms with van der Waals surface area (Å²) in [5.41, 5.74) is 4.16. The number of H-pyrrole nitrogens is 1. The van der Waals surface area contributed by atoms with Gasteiger partial charge in [0.25, 0.3) is 5.56 Å². The van der Waals surface area contributed by atoms with Crippen LogP contribution in [0.1, 0.15) is 35.7 Å². The molecule has 0 saturated heterocycles. The first-order valence-electron chi connectivity index (χ1n) is 6.04. The summed E-state index contributed by atoms with van der Waals surface area (Å²) in [6, 6.07) is 1.88. The van der Waals surface area contributed by atoms with Crippen molar-refractivity contribution in [3.8, 4) is 6.07 Å². The molecule has 0 atom stereocenters. The van der Waals surface area contributed by atoms with Gasteiger partial charge in [0.1, 0.15) is 11.6 Å². The molecule has 0 aliphatic heterocycles. The lowest BCUT2D eigenvalue weighted by Crippen LogP contribution is -2.24. The van der Waals surface area contributed by atoms with E-state index < -0.39 is 0 Å². The molecule has 0 aliphatic carbocycles. The fourth-order valence-electron chi connectivity index (χ4n) is 1.86. The molecule has 0 bridgehead atoms. The molecule has 1 heterocycles.